The predicted molar refractivity (Wildman–Crippen MR) is 61.0 cm³/mol. The maximum atomic E-state index is 13.5. The number of rotatable bonds is 3. The fraction of sp³-hybridized carbons (Fsp3) is 0.222. The van der Waals surface area contributed by atoms with Crippen molar-refractivity contribution < 1.29 is 14.3 Å². The lowest BCUT2D eigenvalue weighted by Gasteiger charge is -2.12. The Morgan fingerprint density at radius 1 is 1.53 bits per heavy atom. The molecule has 0 aromatic heterocycles. The summed E-state index contributed by atoms with van der Waals surface area (Å²) in [6.07, 6.45) is -0.306. The molecule has 0 saturated carbocycles. The molecule has 82 valence electrons. The van der Waals surface area contributed by atoms with Crippen molar-refractivity contribution in [3.05, 3.63) is 32.5 Å². The van der Waals surface area contributed by atoms with Crippen LogP contribution in [0, 0.1) is 5.82 Å². The highest BCUT2D eigenvalue weighted by Crippen LogP contribution is 2.28. The Balaban J connectivity index is 3.07. The number of aliphatic carboxylic acids is 1. The Kier molecular flexibility index (Phi) is 4.24. The molecule has 1 atom stereocenters. The van der Waals surface area contributed by atoms with Crippen LogP contribution >= 0.6 is 31.9 Å². The molecule has 0 radical (unpaired) electrons. The first-order chi connectivity index (χ1) is 6.91. The number of carboxylic acid groups (broad SMARTS) is 1. The SMILES string of the molecule is NC(CC(=O)O)c1cc(Br)cc(Br)c1F. The maximum absolute atomic E-state index is 13.5. The number of carbonyl (C=O) groups is 1. The van der Waals surface area contributed by atoms with Crippen molar-refractivity contribution in [3.8, 4) is 0 Å². The van der Waals surface area contributed by atoms with Gasteiger partial charge in [-0.3, -0.25) is 4.79 Å². The minimum absolute atomic E-state index is 0.179. The molecule has 0 aliphatic heterocycles. The van der Waals surface area contributed by atoms with Gasteiger partial charge in [-0.25, -0.2) is 4.39 Å². The molecule has 0 heterocycles. The van der Waals surface area contributed by atoms with Crippen LogP contribution in [-0.4, -0.2) is 11.1 Å². The van der Waals surface area contributed by atoms with Gasteiger partial charge in [-0.15, -0.1) is 0 Å². The predicted octanol–water partition coefficient (Wildman–Crippen LogP) is 2.83. The lowest BCUT2D eigenvalue weighted by Crippen LogP contribution is -2.16. The molecule has 1 rings (SSSR count). The van der Waals surface area contributed by atoms with Crippen molar-refractivity contribution in [2.24, 2.45) is 5.73 Å². The van der Waals surface area contributed by atoms with E-state index in [1.54, 1.807) is 0 Å². The summed E-state index contributed by atoms with van der Waals surface area (Å²) < 4.78 is 14.4. The van der Waals surface area contributed by atoms with Gasteiger partial charge >= 0.3 is 5.97 Å². The van der Waals surface area contributed by atoms with Gasteiger partial charge in [-0.1, -0.05) is 15.9 Å². The summed E-state index contributed by atoms with van der Waals surface area (Å²) in [6.45, 7) is 0. The van der Waals surface area contributed by atoms with E-state index in [2.05, 4.69) is 31.9 Å². The molecule has 0 amide bonds. The van der Waals surface area contributed by atoms with Crippen molar-refractivity contribution in [1.29, 1.82) is 0 Å². The van der Waals surface area contributed by atoms with Crippen molar-refractivity contribution in [1.82, 2.24) is 0 Å². The maximum Gasteiger partial charge on any atom is 0.305 e. The van der Waals surface area contributed by atoms with E-state index < -0.39 is 17.8 Å². The molecule has 6 heteroatoms. The van der Waals surface area contributed by atoms with E-state index in [-0.39, 0.29) is 16.5 Å². The monoisotopic (exact) mass is 339 g/mol. The van der Waals surface area contributed by atoms with Crippen LogP contribution in [0.15, 0.2) is 21.1 Å². The number of hydrogen-bond acceptors (Lipinski definition) is 2. The third kappa shape index (κ3) is 3.25. The smallest absolute Gasteiger partial charge is 0.305 e. The zero-order chi connectivity index (χ0) is 11.6. The summed E-state index contributed by atoms with van der Waals surface area (Å²) in [5.41, 5.74) is 5.75. The molecule has 0 aliphatic carbocycles. The van der Waals surface area contributed by atoms with Crippen molar-refractivity contribution in [2.75, 3.05) is 0 Å². The minimum atomic E-state index is -1.06. The molecular formula is C9H8Br2FNO2. The van der Waals surface area contributed by atoms with Gasteiger partial charge in [0, 0.05) is 16.1 Å². The van der Waals surface area contributed by atoms with Crippen LogP contribution in [0.25, 0.3) is 0 Å². The summed E-state index contributed by atoms with van der Waals surface area (Å²) in [5.74, 6) is -1.58. The zero-order valence-electron chi connectivity index (χ0n) is 7.51. The van der Waals surface area contributed by atoms with Crippen molar-refractivity contribution in [2.45, 2.75) is 12.5 Å². The Hall–Kier alpha value is -0.460. The fourth-order valence-electron chi connectivity index (χ4n) is 1.14. The third-order valence-corrected chi connectivity index (χ3v) is 2.85. The summed E-state index contributed by atoms with van der Waals surface area (Å²) in [4.78, 5) is 10.4. The highest BCUT2D eigenvalue weighted by atomic mass is 79.9. The van der Waals surface area contributed by atoms with E-state index >= 15 is 0 Å². The van der Waals surface area contributed by atoms with Gasteiger partial charge in [-0.2, -0.15) is 0 Å². The van der Waals surface area contributed by atoms with Crippen LogP contribution in [0.2, 0.25) is 0 Å². The summed E-state index contributed by atoms with van der Waals surface area (Å²) >= 11 is 6.21. The van der Waals surface area contributed by atoms with E-state index in [0.717, 1.165) is 0 Å². The van der Waals surface area contributed by atoms with Crippen LogP contribution < -0.4 is 5.73 Å². The molecule has 0 bridgehead atoms. The number of hydrogen-bond donors (Lipinski definition) is 2. The van der Waals surface area contributed by atoms with Gasteiger partial charge < -0.3 is 10.8 Å². The second kappa shape index (κ2) is 5.05. The summed E-state index contributed by atoms with van der Waals surface area (Å²) in [7, 11) is 0. The second-order valence-corrected chi connectivity index (χ2v) is 4.77. The molecule has 0 aliphatic rings. The van der Waals surface area contributed by atoms with Crippen molar-refractivity contribution >= 4 is 37.8 Å². The average molecular weight is 341 g/mol. The molecule has 0 fully saturated rings. The number of halogens is 3. The standard InChI is InChI=1S/C9H8Br2FNO2/c10-4-1-5(7(13)3-8(14)15)9(12)6(11)2-4/h1-2,7H,3,13H2,(H,14,15). The van der Waals surface area contributed by atoms with Crippen LogP contribution in [0.3, 0.4) is 0 Å². The second-order valence-electron chi connectivity index (χ2n) is 3.00. The molecule has 3 nitrogen and oxygen atoms in total. The molecule has 15 heavy (non-hydrogen) atoms. The lowest BCUT2D eigenvalue weighted by atomic mass is 10.0. The molecule has 3 N–H and O–H groups in total. The molecule has 1 aromatic carbocycles. The van der Waals surface area contributed by atoms with E-state index in [9.17, 15) is 9.18 Å². The van der Waals surface area contributed by atoms with Gasteiger partial charge in [0.1, 0.15) is 5.82 Å². The first kappa shape index (κ1) is 12.6. The first-order valence-corrected chi connectivity index (χ1v) is 5.62. The number of benzene rings is 1. The van der Waals surface area contributed by atoms with Crippen LogP contribution in [0.1, 0.15) is 18.0 Å². The summed E-state index contributed by atoms with van der Waals surface area (Å²) in [5, 5.41) is 8.55. The fourth-order valence-corrected chi connectivity index (χ4v) is 2.40. The Labute approximate surface area is 103 Å². The van der Waals surface area contributed by atoms with Crippen molar-refractivity contribution in [3.63, 3.8) is 0 Å². The average Bonchev–Trinajstić information content (AvgIpc) is 2.09. The van der Waals surface area contributed by atoms with Gasteiger partial charge in [0.05, 0.1) is 10.9 Å². The van der Waals surface area contributed by atoms with Gasteiger partial charge in [0.2, 0.25) is 0 Å². The Morgan fingerprint density at radius 3 is 2.67 bits per heavy atom. The molecule has 0 spiro atoms. The highest BCUT2D eigenvalue weighted by molar-refractivity contribution is 9.11. The molecule has 1 aromatic rings. The Bertz CT molecular complexity index is 398. The Morgan fingerprint density at radius 2 is 2.13 bits per heavy atom. The quantitative estimate of drug-likeness (QED) is 0.832. The van der Waals surface area contributed by atoms with Crippen LogP contribution in [-0.2, 0) is 4.79 Å². The van der Waals surface area contributed by atoms with E-state index in [4.69, 9.17) is 10.8 Å². The lowest BCUT2D eigenvalue weighted by molar-refractivity contribution is -0.137. The van der Waals surface area contributed by atoms with Crippen LogP contribution in [0.4, 0.5) is 4.39 Å². The van der Waals surface area contributed by atoms with E-state index in [0.29, 0.717) is 4.47 Å². The third-order valence-electron chi connectivity index (χ3n) is 1.82. The van der Waals surface area contributed by atoms with Crippen LogP contribution in [0.5, 0.6) is 0 Å². The van der Waals surface area contributed by atoms with Gasteiger partial charge in [0.25, 0.3) is 0 Å². The zero-order valence-corrected chi connectivity index (χ0v) is 10.7. The first-order valence-electron chi connectivity index (χ1n) is 4.03. The number of carboxylic acids is 1. The highest BCUT2D eigenvalue weighted by Gasteiger charge is 2.17. The van der Waals surface area contributed by atoms with Gasteiger partial charge in [0.15, 0.2) is 0 Å². The van der Waals surface area contributed by atoms with E-state index in [1.165, 1.54) is 12.1 Å². The molecular weight excluding hydrogens is 333 g/mol. The molecule has 0 saturated heterocycles. The van der Waals surface area contributed by atoms with E-state index in [1.807, 2.05) is 0 Å². The largest absolute Gasteiger partial charge is 0.481 e. The topological polar surface area (TPSA) is 63.3 Å². The minimum Gasteiger partial charge on any atom is -0.481 e. The molecule has 1 unspecified atom stereocenters. The normalized spacial score (nSPS) is 12.5. The van der Waals surface area contributed by atoms with Gasteiger partial charge in [-0.05, 0) is 28.1 Å². The summed E-state index contributed by atoms with van der Waals surface area (Å²) in [6, 6.07) is 2.16. The number of nitrogens with two attached hydrogens (primary N) is 1.